The first kappa shape index (κ1) is 12.9. The van der Waals surface area contributed by atoms with Crippen LogP contribution >= 0.6 is 11.3 Å². The molecule has 0 bridgehead atoms. The topological polar surface area (TPSA) is 58.2 Å². The predicted octanol–water partition coefficient (Wildman–Crippen LogP) is 3.11. The SMILES string of the molecule is Cc1ccc(C(C)Nc2ccc3c(c2)C(=O)NC3=O)s1. The van der Waals surface area contributed by atoms with Gasteiger partial charge in [0.1, 0.15) is 0 Å². The highest BCUT2D eigenvalue weighted by molar-refractivity contribution is 7.12. The van der Waals surface area contributed by atoms with Crippen LogP contribution in [0.2, 0.25) is 0 Å². The zero-order valence-corrected chi connectivity index (χ0v) is 12.0. The van der Waals surface area contributed by atoms with Crippen LogP contribution in [-0.4, -0.2) is 11.8 Å². The van der Waals surface area contributed by atoms with Crippen LogP contribution < -0.4 is 10.6 Å². The molecule has 0 radical (unpaired) electrons. The summed E-state index contributed by atoms with van der Waals surface area (Å²) < 4.78 is 0. The van der Waals surface area contributed by atoms with E-state index in [0.717, 1.165) is 5.69 Å². The number of hydrogen-bond acceptors (Lipinski definition) is 4. The second kappa shape index (κ2) is 4.76. The summed E-state index contributed by atoms with van der Waals surface area (Å²) in [7, 11) is 0. The molecule has 4 nitrogen and oxygen atoms in total. The molecule has 20 heavy (non-hydrogen) atoms. The highest BCUT2D eigenvalue weighted by atomic mass is 32.1. The smallest absolute Gasteiger partial charge is 0.259 e. The number of amides is 2. The van der Waals surface area contributed by atoms with Gasteiger partial charge in [0.2, 0.25) is 0 Å². The Labute approximate surface area is 120 Å². The first-order valence-corrected chi connectivity index (χ1v) is 7.19. The third-order valence-corrected chi connectivity index (χ3v) is 4.49. The average Bonchev–Trinajstić information content (AvgIpc) is 2.95. The van der Waals surface area contributed by atoms with Crippen LogP contribution in [0, 0.1) is 6.92 Å². The van der Waals surface area contributed by atoms with Crippen molar-refractivity contribution in [2.75, 3.05) is 5.32 Å². The molecule has 1 aromatic heterocycles. The van der Waals surface area contributed by atoms with Crippen LogP contribution in [0.1, 0.15) is 43.4 Å². The standard InChI is InChI=1S/C15H14N2O2S/c1-8-3-6-13(20-8)9(2)16-10-4-5-11-12(7-10)15(19)17-14(11)18/h3-7,9,16H,1-2H3,(H,17,18,19). The number of carbonyl (C=O) groups excluding carboxylic acids is 2. The maximum absolute atomic E-state index is 11.6. The Morgan fingerprint density at radius 2 is 1.85 bits per heavy atom. The van der Waals surface area contributed by atoms with Gasteiger partial charge in [-0.05, 0) is 44.2 Å². The maximum atomic E-state index is 11.6. The number of hydrogen-bond donors (Lipinski definition) is 2. The molecule has 1 aliphatic heterocycles. The number of imide groups is 1. The summed E-state index contributed by atoms with van der Waals surface area (Å²) in [6.07, 6.45) is 0. The lowest BCUT2D eigenvalue weighted by Crippen LogP contribution is -2.19. The van der Waals surface area contributed by atoms with Gasteiger partial charge in [-0.3, -0.25) is 14.9 Å². The second-order valence-corrected chi connectivity index (χ2v) is 6.18. The minimum absolute atomic E-state index is 0.159. The molecule has 102 valence electrons. The lowest BCUT2D eigenvalue weighted by atomic mass is 10.1. The van der Waals surface area contributed by atoms with E-state index in [2.05, 4.69) is 36.6 Å². The molecule has 0 aliphatic carbocycles. The van der Waals surface area contributed by atoms with E-state index in [1.165, 1.54) is 9.75 Å². The molecule has 5 heteroatoms. The molecular formula is C15H14N2O2S. The van der Waals surface area contributed by atoms with E-state index in [1.54, 1.807) is 23.5 Å². The predicted molar refractivity (Wildman–Crippen MR) is 79.3 cm³/mol. The summed E-state index contributed by atoms with van der Waals surface area (Å²) in [5.74, 6) is -0.647. The van der Waals surface area contributed by atoms with Gasteiger partial charge in [0.25, 0.3) is 11.8 Å². The average molecular weight is 286 g/mol. The molecule has 1 aromatic carbocycles. The number of benzene rings is 1. The molecule has 2 amide bonds. The van der Waals surface area contributed by atoms with Gasteiger partial charge < -0.3 is 5.32 Å². The van der Waals surface area contributed by atoms with Gasteiger partial charge in [0, 0.05) is 15.4 Å². The molecule has 0 saturated heterocycles. The Morgan fingerprint density at radius 3 is 2.55 bits per heavy atom. The number of carbonyl (C=O) groups is 2. The van der Waals surface area contributed by atoms with Crippen molar-refractivity contribution in [2.24, 2.45) is 0 Å². The lowest BCUT2D eigenvalue weighted by Gasteiger charge is -2.14. The summed E-state index contributed by atoms with van der Waals surface area (Å²) in [6.45, 7) is 4.15. The fourth-order valence-electron chi connectivity index (χ4n) is 2.26. The van der Waals surface area contributed by atoms with Crippen molar-refractivity contribution in [1.29, 1.82) is 0 Å². The fraction of sp³-hybridized carbons (Fsp3) is 0.200. The number of aryl methyl sites for hydroxylation is 1. The molecule has 2 N–H and O–H groups in total. The largest absolute Gasteiger partial charge is 0.378 e. The van der Waals surface area contributed by atoms with E-state index >= 15 is 0 Å². The van der Waals surface area contributed by atoms with Crippen molar-refractivity contribution in [3.63, 3.8) is 0 Å². The Kier molecular flexibility index (Phi) is 3.06. The van der Waals surface area contributed by atoms with Gasteiger partial charge in [-0.25, -0.2) is 0 Å². The van der Waals surface area contributed by atoms with Crippen molar-refractivity contribution in [1.82, 2.24) is 5.32 Å². The molecule has 0 fully saturated rings. The Bertz CT molecular complexity index is 706. The van der Waals surface area contributed by atoms with E-state index in [9.17, 15) is 9.59 Å². The third kappa shape index (κ3) is 2.20. The molecule has 2 aromatic rings. The highest BCUT2D eigenvalue weighted by Gasteiger charge is 2.26. The molecule has 3 rings (SSSR count). The van der Waals surface area contributed by atoms with E-state index in [4.69, 9.17) is 0 Å². The molecule has 1 unspecified atom stereocenters. The van der Waals surface area contributed by atoms with Crippen LogP contribution in [0.4, 0.5) is 5.69 Å². The number of fused-ring (bicyclic) bond motifs is 1. The van der Waals surface area contributed by atoms with Crippen molar-refractivity contribution in [2.45, 2.75) is 19.9 Å². The van der Waals surface area contributed by atoms with Crippen LogP contribution in [0.15, 0.2) is 30.3 Å². The van der Waals surface area contributed by atoms with E-state index < -0.39 is 0 Å². The zero-order valence-electron chi connectivity index (χ0n) is 11.2. The third-order valence-electron chi connectivity index (χ3n) is 3.31. The summed E-state index contributed by atoms with van der Waals surface area (Å²) in [5, 5.41) is 5.65. The number of thiophene rings is 1. The van der Waals surface area contributed by atoms with E-state index in [0.29, 0.717) is 11.1 Å². The van der Waals surface area contributed by atoms with Crippen LogP contribution in [0.3, 0.4) is 0 Å². The van der Waals surface area contributed by atoms with Crippen molar-refractivity contribution in [3.05, 3.63) is 51.2 Å². The summed E-state index contributed by atoms with van der Waals surface area (Å²) in [4.78, 5) is 25.6. The van der Waals surface area contributed by atoms with Gasteiger partial charge in [-0.1, -0.05) is 0 Å². The Morgan fingerprint density at radius 1 is 1.10 bits per heavy atom. The second-order valence-electron chi connectivity index (χ2n) is 4.86. The van der Waals surface area contributed by atoms with Crippen LogP contribution in [0.5, 0.6) is 0 Å². The van der Waals surface area contributed by atoms with E-state index in [1.807, 2.05) is 6.07 Å². The summed E-state index contributed by atoms with van der Waals surface area (Å²) in [5.41, 5.74) is 1.72. The fourth-order valence-corrected chi connectivity index (χ4v) is 3.14. The van der Waals surface area contributed by atoms with Gasteiger partial charge in [0.05, 0.1) is 17.2 Å². The quantitative estimate of drug-likeness (QED) is 0.852. The van der Waals surface area contributed by atoms with Crippen LogP contribution in [0.25, 0.3) is 0 Å². The zero-order chi connectivity index (χ0) is 14.3. The maximum Gasteiger partial charge on any atom is 0.259 e. The first-order valence-electron chi connectivity index (χ1n) is 6.37. The van der Waals surface area contributed by atoms with Gasteiger partial charge >= 0.3 is 0 Å². The van der Waals surface area contributed by atoms with E-state index in [-0.39, 0.29) is 17.9 Å². The molecule has 0 spiro atoms. The minimum Gasteiger partial charge on any atom is -0.378 e. The lowest BCUT2D eigenvalue weighted by molar-refractivity contribution is 0.0879. The van der Waals surface area contributed by atoms with Gasteiger partial charge in [-0.2, -0.15) is 0 Å². The number of rotatable bonds is 3. The monoisotopic (exact) mass is 286 g/mol. The first-order chi connectivity index (χ1) is 9.54. The molecule has 1 atom stereocenters. The molecule has 2 heterocycles. The summed E-state index contributed by atoms with van der Waals surface area (Å²) in [6, 6.07) is 9.59. The Balaban J connectivity index is 1.84. The molecule has 1 aliphatic rings. The minimum atomic E-state index is -0.326. The summed E-state index contributed by atoms with van der Waals surface area (Å²) >= 11 is 1.75. The van der Waals surface area contributed by atoms with Crippen molar-refractivity contribution < 1.29 is 9.59 Å². The normalized spacial score (nSPS) is 14.9. The van der Waals surface area contributed by atoms with Crippen molar-refractivity contribution >= 4 is 28.8 Å². The van der Waals surface area contributed by atoms with Crippen LogP contribution in [-0.2, 0) is 0 Å². The Hall–Kier alpha value is -2.14. The van der Waals surface area contributed by atoms with Gasteiger partial charge in [0.15, 0.2) is 0 Å². The highest BCUT2D eigenvalue weighted by Crippen LogP contribution is 2.27. The van der Waals surface area contributed by atoms with Crippen molar-refractivity contribution in [3.8, 4) is 0 Å². The van der Waals surface area contributed by atoms with Gasteiger partial charge in [-0.15, -0.1) is 11.3 Å². The molecular weight excluding hydrogens is 272 g/mol. The number of nitrogens with one attached hydrogen (secondary N) is 2. The molecule has 0 saturated carbocycles. The number of anilines is 1.